The second-order valence-corrected chi connectivity index (χ2v) is 9.10. The average molecular weight is 462 g/mol. The summed E-state index contributed by atoms with van der Waals surface area (Å²) in [7, 11) is 3.35. The lowest BCUT2D eigenvalue weighted by molar-refractivity contribution is -0.0337. The van der Waals surface area contributed by atoms with Crippen molar-refractivity contribution in [2.24, 2.45) is 0 Å². The third-order valence-electron chi connectivity index (χ3n) is 4.13. The summed E-state index contributed by atoms with van der Waals surface area (Å²) in [6.07, 6.45) is -9.92. The fourth-order valence-electron chi connectivity index (χ4n) is 2.73. The summed E-state index contributed by atoms with van der Waals surface area (Å²) in [5.41, 5.74) is 0. The molecule has 2 fully saturated rings. The lowest BCUT2D eigenvalue weighted by Crippen LogP contribution is -2.36. The largest absolute Gasteiger partial charge is 0.472 e. The van der Waals surface area contributed by atoms with Crippen LogP contribution in [0.2, 0.25) is 0 Å². The van der Waals surface area contributed by atoms with Gasteiger partial charge in [-0.05, 0) is 0 Å². The highest BCUT2D eigenvalue weighted by molar-refractivity contribution is 7.47. The Balaban J connectivity index is 2.00. The molecule has 29 heavy (non-hydrogen) atoms. The Morgan fingerprint density at radius 2 is 1.34 bits per heavy atom. The summed E-state index contributed by atoms with van der Waals surface area (Å²) in [6.45, 7) is -1.02. The highest BCUT2D eigenvalue weighted by atomic mass is 31.2. The van der Waals surface area contributed by atoms with Crippen LogP contribution in [-0.2, 0) is 41.4 Å². The Morgan fingerprint density at radius 1 is 0.897 bits per heavy atom. The minimum Gasteiger partial charge on any atom is -0.382 e. The number of halogens is 2. The normalized spacial score (nSPS) is 41.9. The molecule has 0 aromatic rings. The van der Waals surface area contributed by atoms with Crippen molar-refractivity contribution >= 4 is 31.3 Å². The molecule has 2 aliphatic rings. The molecule has 2 rings (SSSR count). The fraction of sp³-hybridized carbons (Fsp3) is 1.00. The Morgan fingerprint density at radius 3 is 1.79 bits per heavy atom. The minimum absolute atomic E-state index is 0.179. The van der Waals surface area contributed by atoms with Crippen molar-refractivity contribution in [1.29, 1.82) is 0 Å². The maximum atomic E-state index is 14.1. The Kier molecular flexibility index (Phi) is 8.86. The monoisotopic (exact) mass is 462 g/mol. The first-order chi connectivity index (χ1) is 13.4. The second kappa shape index (κ2) is 10.1. The van der Waals surface area contributed by atoms with Crippen LogP contribution in [0, 0.1) is 0 Å². The van der Waals surface area contributed by atoms with E-state index in [1.807, 2.05) is 0 Å². The van der Waals surface area contributed by atoms with Crippen LogP contribution in [0.25, 0.3) is 0 Å². The van der Waals surface area contributed by atoms with Crippen LogP contribution in [0.15, 0.2) is 0 Å². The number of phosphoric acid groups is 2. The zero-order chi connectivity index (χ0) is 22.0. The summed E-state index contributed by atoms with van der Waals surface area (Å²) in [5, 5.41) is 0. The molecule has 0 amide bonds. The second-order valence-electron chi connectivity index (χ2n) is 6.18. The van der Waals surface area contributed by atoms with Crippen molar-refractivity contribution in [2.45, 2.75) is 48.8 Å². The van der Waals surface area contributed by atoms with Crippen molar-refractivity contribution in [3.05, 3.63) is 0 Å². The van der Waals surface area contributed by atoms with E-state index in [4.69, 9.17) is 39.0 Å². The summed E-state index contributed by atoms with van der Waals surface area (Å²) in [6, 6.07) is -2.97. The quantitative estimate of drug-likeness (QED) is 0.328. The average Bonchev–Trinajstić information content (AvgIpc) is 3.05. The topological polar surface area (TPSA) is 139 Å². The van der Waals surface area contributed by atoms with E-state index in [0.29, 0.717) is 0 Å². The van der Waals surface area contributed by atoms with Gasteiger partial charge in [0, 0.05) is 14.2 Å². The van der Waals surface area contributed by atoms with Gasteiger partial charge in [-0.2, -0.15) is 0 Å². The van der Waals surface area contributed by atoms with Crippen molar-refractivity contribution in [3.8, 4) is 0 Å². The van der Waals surface area contributed by atoms with Gasteiger partial charge >= 0.3 is 15.6 Å². The van der Waals surface area contributed by atoms with E-state index in [1.54, 1.807) is 0 Å². The molecule has 0 spiro atoms. The number of rotatable bonds is 10. The van der Waals surface area contributed by atoms with Crippen LogP contribution in [0.4, 0.5) is 8.78 Å². The number of phosphoric ester groups is 2. The molecule has 4 radical (unpaired) electrons. The molecule has 2 heterocycles. The third-order valence-corrected chi connectivity index (χ3v) is 6.08. The molecule has 0 aliphatic carbocycles. The zero-order valence-corrected chi connectivity index (χ0v) is 17.2. The smallest absolute Gasteiger partial charge is 0.382 e. The maximum absolute atomic E-state index is 14.1. The van der Waals surface area contributed by atoms with E-state index in [9.17, 15) is 27.7 Å². The van der Waals surface area contributed by atoms with E-state index in [-0.39, 0.29) is 6.61 Å². The van der Waals surface area contributed by atoms with Crippen molar-refractivity contribution < 1.29 is 60.0 Å². The van der Waals surface area contributed by atoms with E-state index in [2.05, 4.69) is 9.05 Å². The summed E-state index contributed by atoms with van der Waals surface area (Å²) in [4.78, 5) is 19.2. The standard InChI is InChI=1S/C12H20B2F2O11P2/c1-21-3-5-9(7(15)11(13)24-5)27-29(19,20)23-4-6-10(8(16)12(14)25-6)26-28(17,18)22-2/h5-12H,3-4H2,1-2H3,(H,17,18)(H,19,20)/t5-,6-,7+,8+,9?,10?,11-,12-/m1/s1. The van der Waals surface area contributed by atoms with Crippen LogP contribution >= 0.6 is 15.6 Å². The van der Waals surface area contributed by atoms with Gasteiger partial charge in [0.25, 0.3) is 0 Å². The number of methoxy groups -OCH3 is 1. The highest BCUT2D eigenvalue weighted by Gasteiger charge is 2.50. The van der Waals surface area contributed by atoms with E-state index in [0.717, 1.165) is 7.11 Å². The van der Waals surface area contributed by atoms with Gasteiger partial charge in [-0.3, -0.25) is 18.1 Å². The predicted molar refractivity (Wildman–Crippen MR) is 92.9 cm³/mol. The molecular formula is C12H20B2F2O11P2. The molecular weight excluding hydrogens is 442 g/mol. The molecule has 2 N–H and O–H groups in total. The van der Waals surface area contributed by atoms with Gasteiger partial charge in [0.2, 0.25) is 0 Å². The maximum Gasteiger partial charge on any atom is 0.472 e. The van der Waals surface area contributed by atoms with E-state index >= 15 is 0 Å². The molecule has 164 valence electrons. The van der Waals surface area contributed by atoms with Gasteiger partial charge in [0.15, 0.2) is 0 Å². The van der Waals surface area contributed by atoms with Crippen LogP contribution in [0.3, 0.4) is 0 Å². The molecule has 2 saturated heterocycles. The Bertz CT molecular complexity index is 649. The third kappa shape index (κ3) is 6.54. The Hall–Kier alpha value is 0.0899. The fourth-order valence-corrected chi connectivity index (χ4v) is 4.33. The number of hydrogen-bond acceptors (Lipinski definition) is 9. The highest BCUT2D eigenvalue weighted by Crippen LogP contribution is 2.50. The first-order valence-electron chi connectivity index (χ1n) is 8.22. The van der Waals surface area contributed by atoms with Crippen LogP contribution in [0.1, 0.15) is 0 Å². The molecule has 17 heteroatoms. The minimum atomic E-state index is -4.94. The van der Waals surface area contributed by atoms with E-state index in [1.165, 1.54) is 7.11 Å². The van der Waals surface area contributed by atoms with Crippen molar-refractivity contribution in [3.63, 3.8) is 0 Å². The number of ether oxygens (including phenoxy) is 3. The van der Waals surface area contributed by atoms with Crippen LogP contribution in [-0.4, -0.2) is 102 Å². The van der Waals surface area contributed by atoms with Gasteiger partial charge in [0.05, 0.1) is 25.2 Å². The number of hydrogen-bond donors (Lipinski definition) is 2. The van der Waals surface area contributed by atoms with Gasteiger partial charge < -0.3 is 24.0 Å². The summed E-state index contributed by atoms with van der Waals surface area (Å²) >= 11 is 0. The Labute approximate surface area is 168 Å². The predicted octanol–water partition coefficient (Wildman–Crippen LogP) is -0.270. The zero-order valence-electron chi connectivity index (χ0n) is 15.4. The SMILES string of the molecule is [B][C@@H]1O[C@H](COP(=O)(O)OC2[C@@H](COC)O[C@@H]([B])[C@H]2F)C(OP(=O)(O)OC)[C@@H]1F. The molecule has 10 atom stereocenters. The van der Waals surface area contributed by atoms with Gasteiger partial charge in [-0.25, -0.2) is 17.9 Å². The molecule has 2 aliphatic heterocycles. The molecule has 11 nitrogen and oxygen atoms in total. The van der Waals surface area contributed by atoms with Gasteiger partial charge in [-0.15, -0.1) is 0 Å². The molecule has 4 unspecified atom stereocenters. The number of alkyl halides is 2. The first kappa shape index (κ1) is 25.4. The van der Waals surface area contributed by atoms with Crippen LogP contribution < -0.4 is 0 Å². The molecule has 0 saturated carbocycles. The lowest BCUT2D eigenvalue weighted by atomic mass is 9.94. The van der Waals surface area contributed by atoms with Crippen LogP contribution in [0.5, 0.6) is 0 Å². The van der Waals surface area contributed by atoms with Gasteiger partial charge in [-0.1, -0.05) is 0 Å². The van der Waals surface area contributed by atoms with Crippen molar-refractivity contribution in [2.75, 3.05) is 27.4 Å². The van der Waals surface area contributed by atoms with E-state index < -0.39 is 71.0 Å². The van der Waals surface area contributed by atoms with Crippen molar-refractivity contribution in [1.82, 2.24) is 0 Å². The summed E-state index contributed by atoms with van der Waals surface area (Å²) in [5.74, 6) is 0. The summed E-state index contributed by atoms with van der Waals surface area (Å²) < 4.78 is 85.1. The lowest BCUT2D eigenvalue weighted by Gasteiger charge is -2.24. The van der Waals surface area contributed by atoms with Gasteiger partial charge in [0.1, 0.15) is 52.5 Å². The molecule has 0 aromatic carbocycles. The first-order valence-corrected chi connectivity index (χ1v) is 11.2. The molecule has 0 bridgehead atoms. The molecule has 0 aromatic heterocycles.